The molecule has 0 unspecified atom stereocenters. The number of aromatic nitrogens is 2. The van der Waals surface area contributed by atoms with E-state index in [9.17, 15) is 4.79 Å². The fraction of sp³-hybridized carbons (Fsp3) is 0.500. The third-order valence-electron chi connectivity index (χ3n) is 5.15. The van der Waals surface area contributed by atoms with Crippen molar-refractivity contribution in [1.82, 2.24) is 15.1 Å². The second-order valence-electron chi connectivity index (χ2n) is 6.83. The van der Waals surface area contributed by atoms with Crippen LogP contribution < -0.4 is 10.5 Å². The van der Waals surface area contributed by atoms with Crippen molar-refractivity contribution in [3.8, 4) is 16.9 Å². The monoisotopic (exact) mass is 356 g/mol. The molecule has 0 spiro atoms. The molecule has 0 radical (unpaired) electrons. The topological polar surface area (TPSA) is 84.2 Å². The number of carbonyl (C=O) groups is 1. The van der Waals surface area contributed by atoms with Gasteiger partial charge >= 0.3 is 0 Å². The molecule has 1 aromatic heterocycles. The zero-order valence-corrected chi connectivity index (χ0v) is 15.4. The van der Waals surface area contributed by atoms with E-state index in [4.69, 9.17) is 10.5 Å². The number of H-pyrrole nitrogens is 1. The first-order valence-electron chi connectivity index (χ1n) is 9.38. The average molecular weight is 356 g/mol. The van der Waals surface area contributed by atoms with Crippen LogP contribution in [0.1, 0.15) is 43.7 Å². The molecular weight excluding hydrogens is 328 g/mol. The van der Waals surface area contributed by atoms with Crippen molar-refractivity contribution in [1.29, 1.82) is 0 Å². The summed E-state index contributed by atoms with van der Waals surface area (Å²) in [6.07, 6.45) is 6.22. The molecule has 26 heavy (non-hydrogen) atoms. The smallest absolute Gasteiger partial charge is 0.222 e. The number of hydrogen-bond donors (Lipinski definition) is 2. The van der Waals surface area contributed by atoms with Gasteiger partial charge < -0.3 is 15.4 Å². The van der Waals surface area contributed by atoms with Gasteiger partial charge in [-0.25, -0.2) is 0 Å². The van der Waals surface area contributed by atoms with Crippen LogP contribution in [0.2, 0.25) is 0 Å². The molecule has 1 aromatic carbocycles. The molecule has 0 saturated carbocycles. The molecule has 3 rings (SSSR count). The van der Waals surface area contributed by atoms with Crippen LogP contribution >= 0.6 is 0 Å². The minimum absolute atomic E-state index is 0.259. The molecule has 0 aliphatic carbocycles. The number of amides is 1. The third kappa shape index (κ3) is 4.25. The van der Waals surface area contributed by atoms with Crippen LogP contribution in [0.15, 0.2) is 30.5 Å². The molecule has 6 nitrogen and oxygen atoms in total. The van der Waals surface area contributed by atoms with Gasteiger partial charge in [-0.05, 0) is 49.9 Å². The van der Waals surface area contributed by atoms with Crippen LogP contribution in [0.3, 0.4) is 0 Å². The number of carbonyl (C=O) groups excluding carboxylic acids is 1. The van der Waals surface area contributed by atoms with Crippen molar-refractivity contribution in [3.05, 3.63) is 36.2 Å². The maximum Gasteiger partial charge on any atom is 0.222 e. The second kappa shape index (κ2) is 8.85. The fourth-order valence-corrected chi connectivity index (χ4v) is 3.62. The normalized spacial score (nSPS) is 15.2. The highest BCUT2D eigenvalue weighted by molar-refractivity contribution is 5.76. The summed E-state index contributed by atoms with van der Waals surface area (Å²) in [6, 6.07) is 8.04. The summed E-state index contributed by atoms with van der Waals surface area (Å²) in [5.74, 6) is 1.49. The Morgan fingerprint density at radius 2 is 2.15 bits per heavy atom. The molecule has 0 bridgehead atoms. The molecule has 6 heteroatoms. The first kappa shape index (κ1) is 18.5. The summed E-state index contributed by atoms with van der Waals surface area (Å²) in [4.78, 5) is 14.3. The van der Waals surface area contributed by atoms with Gasteiger partial charge in [-0.2, -0.15) is 5.10 Å². The van der Waals surface area contributed by atoms with Crippen LogP contribution in [0.25, 0.3) is 11.1 Å². The minimum Gasteiger partial charge on any atom is -0.497 e. The van der Waals surface area contributed by atoms with E-state index in [2.05, 4.69) is 16.3 Å². The highest BCUT2D eigenvalue weighted by atomic mass is 16.5. The van der Waals surface area contributed by atoms with Gasteiger partial charge in [0.2, 0.25) is 5.91 Å². The maximum absolute atomic E-state index is 12.3. The van der Waals surface area contributed by atoms with Gasteiger partial charge in [-0.3, -0.25) is 9.89 Å². The predicted molar refractivity (Wildman–Crippen MR) is 102 cm³/mol. The highest BCUT2D eigenvalue weighted by Gasteiger charge is 2.26. The Kier molecular flexibility index (Phi) is 6.28. The second-order valence-corrected chi connectivity index (χ2v) is 6.83. The molecule has 3 N–H and O–H groups in total. The van der Waals surface area contributed by atoms with Crippen LogP contribution in [-0.2, 0) is 4.79 Å². The number of piperidine rings is 1. The minimum atomic E-state index is 0.259. The standard InChI is InChI=1S/C20H28N4O2/c1-26-17-6-4-5-16(13-17)18-14-22-23-20(18)15-8-11-24(12-9-15)19(25)7-2-3-10-21/h4-6,13-15H,2-3,7-12,21H2,1H3,(H,22,23). The molecule has 1 amide bonds. The molecule has 0 atom stereocenters. The summed E-state index contributed by atoms with van der Waals surface area (Å²) in [6.45, 7) is 2.27. The van der Waals surface area contributed by atoms with Crippen molar-refractivity contribution in [2.75, 3.05) is 26.7 Å². The lowest BCUT2D eigenvalue weighted by Crippen LogP contribution is -2.38. The van der Waals surface area contributed by atoms with Crippen molar-refractivity contribution in [2.45, 2.75) is 38.0 Å². The first-order valence-corrected chi connectivity index (χ1v) is 9.38. The summed E-state index contributed by atoms with van der Waals surface area (Å²) >= 11 is 0. The van der Waals surface area contributed by atoms with Gasteiger partial charge in [0.05, 0.1) is 13.3 Å². The predicted octanol–water partition coefficient (Wildman–Crippen LogP) is 2.92. The maximum atomic E-state index is 12.3. The highest BCUT2D eigenvalue weighted by Crippen LogP contribution is 2.35. The molecule has 1 fully saturated rings. The number of nitrogens with one attached hydrogen (secondary N) is 1. The van der Waals surface area contributed by atoms with Crippen LogP contribution in [-0.4, -0.2) is 47.7 Å². The molecule has 1 aliphatic rings. The summed E-state index contributed by atoms with van der Waals surface area (Å²) in [5.41, 5.74) is 8.89. The SMILES string of the molecule is COc1cccc(-c2cn[nH]c2C2CCN(C(=O)CCCCN)CC2)c1. The molecule has 1 aliphatic heterocycles. The molecular formula is C20H28N4O2. The lowest BCUT2D eigenvalue weighted by Gasteiger charge is -2.32. The Morgan fingerprint density at radius 1 is 1.35 bits per heavy atom. The van der Waals surface area contributed by atoms with Crippen molar-refractivity contribution in [2.24, 2.45) is 5.73 Å². The summed E-state index contributed by atoms with van der Waals surface area (Å²) < 4.78 is 5.34. The first-order chi connectivity index (χ1) is 12.7. The van der Waals surface area contributed by atoms with Gasteiger partial charge in [-0.1, -0.05) is 12.1 Å². The zero-order chi connectivity index (χ0) is 18.4. The van der Waals surface area contributed by atoms with Crippen LogP contribution in [0.4, 0.5) is 0 Å². The third-order valence-corrected chi connectivity index (χ3v) is 5.15. The van der Waals surface area contributed by atoms with E-state index in [1.807, 2.05) is 29.3 Å². The Labute approximate surface area is 154 Å². The number of methoxy groups -OCH3 is 1. The van der Waals surface area contributed by atoms with Crippen molar-refractivity contribution >= 4 is 5.91 Å². The Bertz CT molecular complexity index is 720. The van der Waals surface area contributed by atoms with E-state index < -0.39 is 0 Å². The zero-order valence-electron chi connectivity index (χ0n) is 15.4. The number of likely N-dealkylation sites (tertiary alicyclic amines) is 1. The van der Waals surface area contributed by atoms with E-state index in [0.29, 0.717) is 18.9 Å². The lowest BCUT2D eigenvalue weighted by atomic mass is 9.89. The van der Waals surface area contributed by atoms with Crippen LogP contribution in [0.5, 0.6) is 5.75 Å². The van der Waals surface area contributed by atoms with Gasteiger partial charge in [0.25, 0.3) is 0 Å². The number of unbranched alkanes of at least 4 members (excludes halogenated alkanes) is 1. The van der Waals surface area contributed by atoms with Crippen molar-refractivity contribution in [3.63, 3.8) is 0 Å². The van der Waals surface area contributed by atoms with Gasteiger partial charge in [0.15, 0.2) is 0 Å². The number of ether oxygens (including phenoxy) is 1. The summed E-state index contributed by atoms with van der Waals surface area (Å²) in [7, 11) is 1.68. The van der Waals surface area contributed by atoms with E-state index in [-0.39, 0.29) is 5.91 Å². The average Bonchev–Trinajstić information content (AvgIpc) is 3.18. The van der Waals surface area contributed by atoms with Crippen LogP contribution in [0, 0.1) is 0 Å². The van der Waals surface area contributed by atoms with E-state index in [1.54, 1.807) is 7.11 Å². The lowest BCUT2D eigenvalue weighted by molar-refractivity contribution is -0.132. The van der Waals surface area contributed by atoms with E-state index in [0.717, 1.165) is 61.3 Å². The molecule has 2 aromatic rings. The number of rotatable bonds is 7. The number of aromatic amines is 1. The number of benzene rings is 1. The Hall–Kier alpha value is -2.34. The molecule has 2 heterocycles. The van der Waals surface area contributed by atoms with Gasteiger partial charge in [-0.15, -0.1) is 0 Å². The van der Waals surface area contributed by atoms with E-state index in [1.165, 1.54) is 0 Å². The quantitative estimate of drug-likeness (QED) is 0.747. The summed E-state index contributed by atoms with van der Waals surface area (Å²) in [5, 5.41) is 7.46. The Morgan fingerprint density at radius 3 is 2.88 bits per heavy atom. The Balaban J connectivity index is 1.64. The van der Waals surface area contributed by atoms with Crippen molar-refractivity contribution < 1.29 is 9.53 Å². The van der Waals surface area contributed by atoms with Gasteiger partial charge in [0.1, 0.15) is 5.75 Å². The number of nitrogens with two attached hydrogens (primary N) is 1. The van der Waals surface area contributed by atoms with Gasteiger partial charge in [0, 0.05) is 36.7 Å². The number of nitrogens with zero attached hydrogens (tertiary/aromatic N) is 2. The fourth-order valence-electron chi connectivity index (χ4n) is 3.62. The van der Waals surface area contributed by atoms with E-state index >= 15 is 0 Å². The molecule has 1 saturated heterocycles. The molecule has 140 valence electrons. The number of hydrogen-bond acceptors (Lipinski definition) is 4. The largest absolute Gasteiger partial charge is 0.497 e.